The Labute approximate surface area is 162 Å². The van der Waals surface area contributed by atoms with Gasteiger partial charge in [-0.15, -0.1) is 0 Å². The van der Waals surface area contributed by atoms with Crippen LogP contribution in [0.15, 0.2) is 42.6 Å². The summed E-state index contributed by atoms with van der Waals surface area (Å²) in [7, 11) is 0. The highest BCUT2D eigenvalue weighted by molar-refractivity contribution is 6.33. The maximum Gasteiger partial charge on any atom is 0.410 e. The molecular weight excluding hydrogens is 364 g/mol. The van der Waals surface area contributed by atoms with Crippen molar-refractivity contribution in [2.24, 2.45) is 0 Å². The summed E-state index contributed by atoms with van der Waals surface area (Å²) in [6, 6.07) is 11.8. The van der Waals surface area contributed by atoms with Crippen LogP contribution in [-0.2, 0) is 11.3 Å². The van der Waals surface area contributed by atoms with Crippen LogP contribution in [0.2, 0.25) is 5.15 Å². The molecule has 2 atom stereocenters. The number of piperidine rings is 1. The lowest BCUT2D eigenvalue weighted by Crippen LogP contribution is -2.45. The smallest absolute Gasteiger partial charge is 0.410 e. The molecule has 0 spiro atoms. The van der Waals surface area contributed by atoms with Gasteiger partial charge in [-0.3, -0.25) is 5.10 Å². The second-order valence-corrected chi connectivity index (χ2v) is 7.31. The maximum atomic E-state index is 12.7. The summed E-state index contributed by atoms with van der Waals surface area (Å²) in [4.78, 5) is 18.5. The number of H-pyrrole nitrogens is 1. The van der Waals surface area contributed by atoms with Crippen LogP contribution in [0.4, 0.5) is 4.79 Å². The van der Waals surface area contributed by atoms with E-state index in [-0.39, 0.29) is 24.7 Å². The molecule has 1 aliphatic rings. The Balaban J connectivity index is 1.49. The highest BCUT2D eigenvalue weighted by Crippen LogP contribution is 2.34. The van der Waals surface area contributed by atoms with E-state index in [1.807, 2.05) is 41.3 Å². The van der Waals surface area contributed by atoms with Crippen LogP contribution in [-0.4, -0.2) is 38.8 Å². The normalized spacial score (nSPS) is 20.0. The summed E-state index contributed by atoms with van der Waals surface area (Å²) in [6.45, 7) is 2.93. The molecule has 27 heavy (non-hydrogen) atoms. The Hall–Kier alpha value is -2.60. The van der Waals surface area contributed by atoms with Gasteiger partial charge >= 0.3 is 6.09 Å². The molecule has 1 saturated heterocycles. The molecule has 140 valence electrons. The summed E-state index contributed by atoms with van der Waals surface area (Å²) in [5.41, 5.74) is 2.65. The van der Waals surface area contributed by atoms with Gasteiger partial charge in [0.25, 0.3) is 0 Å². The van der Waals surface area contributed by atoms with E-state index >= 15 is 0 Å². The van der Waals surface area contributed by atoms with Gasteiger partial charge in [0, 0.05) is 35.8 Å². The predicted molar refractivity (Wildman–Crippen MR) is 104 cm³/mol. The molecule has 1 fully saturated rings. The molecule has 6 nitrogen and oxygen atoms in total. The first-order valence-corrected chi connectivity index (χ1v) is 9.47. The number of benzene rings is 1. The van der Waals surface area contributed by atoms with Crippen molar-refractivity contribution in [3.05, 3.63) is 59.0 Å². The predicted octanol–water partition coefficient (Wildman–Crippen LogP) is 4.52. The number of hydrogen-bond donors (Lipinski definition) is 1. The van der Waals surface area contributed by atoms with Gasteiger partial charge < -0.3 is 9.64 Å². The average Bonchev–Trinajstić information content (AvgIpc) is 3.13. The molecule has 0 radical (unpaired) electrons. The molecule has 0 bridgehead atoms. The van der Waals surface area contributed by atoms with E-state index in [2.05, 4.69) is 22.1 Å². The number of likely N-dealkylation sites (tertiary alicyclic amines) is 1. The zero-order valence-corrected chi connectivity index (χ0v) is 15.8. The third kappa shape index (κ3) is 3.62. The van der Waals surface area contributed by atoms with Crippen molar-refractivity contribution in [3.63, 3.8) is 0 Å². The molecule has 1 N–H and O–H groups in total. The number of carbonyl (C=O) groups is 1. The van der Waals surface area contributed by atoms with Crippen molar-refractivity contribution in [2.45, 2.75) is 38.3 Å². The number of fused-ring (bicyclic) bond motifs is 1. The van der Waals surface area contributed by atoms with Crippen molar-refractivity contribution < 1.29 is 9.53 Å². The van der Waals surface area contributed by atoms with Gasteiger partial charge in [0.15, 0.2) is 5.15 Å². The number of pyridine rings is 1. The summed E-state index contributed by atoms with van der Waals surface area (Å²) in [6.07, 6.45) is 3.28. The van der Waals surface area contributed by atoms with E-state index in [0.717, 1.165) is 29.5 Å². The number of carbonyl (C=O) groups excluding carboxylic acids is 1. The summed E-state index contributed by atoms with van der Waals surface area (Å²) in [5.74, 6) is 0.161. The quantitative estimate of drug-likeness (QED) is 0.674. The topological polar surface area (TPSA) is 71.1 Å². The van der Waals surface area contributed by atoms with Crippen LogP contribution < -0.4 is 0 Å². The van der Waals surface area contributed by atoms with E-state index in [0.29, 0.717) is 17.2 Å². The molecule has 1 aromatic carbocycles. The van der Waals surface area contributed by atoms with Gasteiger partial charge in [-0.1, -0.05) is 41.9 Å². The Morgan fingerprint density at radius 3 is 2.93 bits per heavy atom. The summed E-state index contributed by atoms with van der Waals surface area (Å²) < 4.78 is 5.54. The molecule has 0 unspecified atom stereocenters. The van der Waals surface area contributed by atoms with Gasteiger partial charge in [-0.05, 0) is 31.4 Å². The fraction of sp³-hybridized carbons (Fsp3) is 0.350. The highest BCUT2D eigenvalue weighted by Gasteiger charge is 2.32. The molecule has 2 aromatic heterocycles. The molecule has 0 aliphatic carbocycles. The molecular formula is C20H21ClN4O2. The number of nitrogens with zero attached hydrogens (tertiary/aromatic N) is 3. The van der Waals surface area contributed by atoms with Crippen molar-refractivity contribution in [3.8, 4) is 0 Å². The van der Waals surface area contributed by atoms with Crippen LogP contribution in [0.1, 0.15) is 36.9 Å². The van der Waals surface area contributed by atoms with Gasteiger partial charge in [0.05, 0.1) is 0 Å². The zero-order valence-electron chi connectivity index (χ0n) is 15.1. The largest absolute Gasteiger partial charge is 0.445 e. The van der Waals surface area contributed by atoms with Gasteiger partial charge in [-0.2, -0.15) is 5.10 Å². The third-order valence-corrected chi connectivity index (χ3v) is 5.46. The minimum atomic E-state index is -0.278. The van der Waals surface area contributed by atoms with E-state index in [4.69, 9.17) is 16.3 Å². The fourth-order valence-electron chi connectivity index (χ4n) is 3.64. The molecule has 0 saturated carbocycles. The lowest BCUT2D eigenvalue weighted by Gasteiger charge is -2.37. The minimum Gasteiger partial charge on any atom is -0.445 e. The first-order valence-electron chi connectivity index (χ1n) is 9.09. The summed E-state index contributed by atoms with van der Waals surface area (Å²) >= 11 is 6.13. The number of aromatic nitrogens is 3. The second-order valence-electron chi connectivity index (χ2n) is 6.95. The molecule has 7 heteroatoms. The fourth-order valence-corrected chi connectivity index (χ4v) is 3.84. The number of hydrogen-bond acceptors (Lipinski definition) is 4. The van der Waals surface area contributed by atoms with Crippen molar-refractivity contribution >= 4 is 28.6 Å². The highest BCUT2D eigenvalue weighted by atomic mass is 35.5. The van der Waals surface area contributed by atoms with Crippen LogP contribution in [0.25, 0.3) is 10.9 Å². The van der Waals surface area contributed by atoms with Crippen molar-refractivity contribution in [1.82, 2.24) is 20.1 Å². The lowest BCUT2D eigenvalue weighted by molar-refractivity contribution is 0.0672. The number of aromatic amines is 1. The lowest BCUT2D eigenvalue weighted by atomic mass is 9.90. The SMILES string of the molecule is C[C@H]1CC[C@H](c2[nH]nc3c(Cl)nccc23)CN1C(=O)OCc1ccccc1. The first kappa shape index (κ1) is 17.8. The van der Waals surface area contributed by atoms with Crippen LogP contribution in [0.5, 0.6) is 0 Å². The zero-order chi connectivity index (χ0) is 18.8. The van der Waals surface area contributed by atoms with Gasteiger partial charge in [0.1, 0.15) is 12.1 Å². The number of nitrogens with one attached hydrogen (secondary N) is 1. The van der Waals surface area contributed by atoms with E-state index in [1.165, 1.54) is 0 Å². The van der Waals surface area contributed by atoms with Crippen molar-refractivity contribution in [1.29, 1.82) is 0 Å². The molecule has 1 aliphatic heterocycles. The first-order chi connectivity index (χ1) is 13.1. The second kappa shape index (κ2) is 7.56. The summed E-state index contributed by atoms with van der Waals surface area (Å²) in [5, 5.41) is 8.76. The standard InChI is InChI=1S/C20H21ClN4O2/c1-13-7-8-15(17-16-9-10-22-19(21)18(16)24-23-17)11-25(13)20(26)27-12-14-5-3-2-4-6-14/h2-6,9-10,13,15H,7-8,11-12H2,1H3,(H,23,24)/t13-,15-/m0/s1. The van der Waals surface area contributed by atoms with E-state index in [1.54, 1.807) is 6.20 Å². The number of rotatable bonds is 3. The number of halogens is 1. The van der Waals surface area contributed by atoms with Crippen LogP contribution in [0, 0.1) is 0 Å². The Bertz CT molecular complexity index is 944. The Morgan fingerprint density at radius 2 is 2.11 bits per heavy atom. The van der Waals surface area contributed by atoms with Gasteiger partial charge in [-0.25, -0.2) is 9.78 Å². The molecule has 3 heterocycles. The monoisotopic (exact) mass is 384 g/mol. The average molecular weight is 385 g/mol. The number of ether oxygens (including phenoxy) is 1. The van der Waals surface area contributed by atoms with Gasteiger partial charge in [0.2, 0.25) is 0 Å². The molecule has 4 rings (SSSR count). The van der Waals surface area contributed by atoms with E-state index < -0.39 is 0 Å². The van der Waals surface area contributed by atoms with Crippen LogP contribution >= 0.6 is 11.6 Å². The maximum absolute atomic E-state index is 12.7. The number of amides is 1. The Kier molecular flexibility index (Phi) is 4.99. The van der Waals surface area contributed by atoms with Crippen molar-refractivity contribution in [2.75, 3.05) is 6.54 Å². The minimum absolute atomic E-state index is 0.143. The van der Waals surface area contributed by atoms with E-state index in [9.17, 15) is 4.79 Å². The molecule has 1 amide bonds. The molecule has 3 aromatic rings. The third-order valence-electron chi connectivity index (χ3n) is 5.19. The van der Waals surface area contributed by atoms with Crippen LogP contribution in [0.3, 0.4) is 0 Å². The Morgan fingerprint density at radius 1 is 1.30 bits per heavy atom.